The Kier molecular flexibility index (Phi) is 4.94. The Bertz CT molecular complexity index is 873. The van der Waals surface area contributed by atoms with Gasteiger partial charge in [-0.2, -0.15) is 0 Å². The van der Waals surface area contributed by atoms with Gasteiger partial charge in [0.1, 0.15) is 0 Å². The molecule has 0 aromatic heterocycles. The topological polar surface area (TPSA) is 68.3 Å². The molecule has 0 N–H and O–H groups in total. The number of rotatable bonds is 5. The quantitative estimate of drug-likeness (QED) is 0.768. The highest BCUT2D eigenvalue weighted by molar-refractivity contribution is 8.13. The maximum Gasteiger partial charge on any atom is 0.261 e. The lowest BCUT2D eigenvalue weighted by atomic mass is 10.1. The number of sulfone groups is 1. The molecule has 0 radical (unpaired) electrons. The van der Waals surface area contributed by atoms with Crippen LogP contribution in [0.2, 0.25) is 0 Å². The van der Waals surface area contributed by atoms with Gasteiger partial charge in [0.15, 0.2) is 0 Å². The van der Waals surface area contributed by atoms with E-state index in [-0.39, 0.29) is 20.2 Å². The second-order valence-electron chi connectivity index (χ2n) is 4.74. The Morgan fingerprint density at radius 1 is 0.864 bits per heavy atom. The first kappa shape index (κ1) is 17.0. The van der Waals surface area contributed by atoms with Gasteiger partial charge in [-0.15, -0.1) is 0 Å². The van der Waals surface area contributed by atoms with E-state index in [1.54, 1.807) is 18.2 Å². The smallest absolute Gasteiger partial charge is 0.219 e. The van der Waals surface area contributed by atoms with Crippen LogP contribution in [0.4, 0.5) is 0 Å². The van der Waals surface area contributed by atoms with Crippen LogP contribution in [0.3, 0.4) is 0 Å². The maximum atomic E-state index is 12.8. The van der Waals surface area contributed by atoms with E-state index >= 15 is 0 Å². The number of hydrogen-bond acceptors (Lipinski definition) is 4. The summed E-state index contributed by atoms with van der Waals surface area (Å²) in [5.41, 5.74) is 0.240. The van der Waals surface area contributed by atoms with Gasteiger partial charge in [0, 0.05) is 10.7 Å². The molecular weight excluding hydrogens is 344 g/mol. The maximum absolute atomic E-state index is 12.8. The molecule has 0 atom stereocenters. The minimum Gasteiger partial charge on any atom is -0.219 e. The van der Waals surface area contributed by atoms with Gasteiger partial charge in [0.25, 0.3) is 9.05 Å². The number of benzene rings is 2. The van der Waals surface area contributed by atoms with Crippen molar-refractivity contribution in [3.63, 3.8) is 0 Å². The van der Waals surface area contributed by atoms with Gasteiger partial charge in [-0.3, -0.25) is 0 Å². The van der Waals surface area contributed by atoms with Crippen LogP contribution in [-0.2, 0) is 25.3 Å². The summed E-state index contributed by atoms with van der Waals surface area (Å²) >= 11 is 0. The van der Waals surface area contributed by atoms with E-state index in [1.165, 1.54) is 30.3 Å². The fraction of sp³-hybridized carbons (Fsp3) is 0.200. The van der Waals surface area contributed by atoms with Crippen molar-refractivity contribution >= 4 is 29.6 Å². The lowest BCUT2D eigenvalue weighted by Gasteiger charge is -2.13. The molecule has 0 saturated heterocycles. The Balaban J connectivity index is 2.76. The van der Waals surface area contributed by atoms with E-state index in [2.05, 4.69) is 0 Å². The highest BCUT2D eigenvalue weighted by Crippen LogP contribution is 2.31. The zero-order valence-corrected chi connectivity index (χ0v) is 14.2. The summed E-state index contributed by atoms with van der Waals surface area (Å²) in [6, 6.07) is 12.1. The summed E-state index contributed by atoms with van der Waals surface area (Å²) in [6.45, 7) is 1.84. The van der Waals surface area contributed by atoms with Crippen LogP contribution < -0.4 is 0 Å². The van der Waals surface area contributed by atoms with E-state index in [0.29, 0.717) is 12.8 Å². The molecule has 0 bridgehead atoms. The van der Waals surface area contributed by atoms with Crippen LogP contribution >= 0.6 is 10.7 Å². The first-order valence-corrected chi connectivity index (χ1v) is 10.4. The average molecular weight is 359 g/mol. The molecule has 7 heteroatoms. The molecule has 2 aromatic carbocycles. The van der Waals surface area contributed by atoms with Crippen molar-refractivity contribution in [2.75, 3.05) is 0 Å². The fourth-order valence-corrected chi connectivity index (χ4v) is 5.06. The third kappa shape index (κ3) is 3.34. The Morgan fingerprint density at radius 3 is 2.00 bits per heavy atom. The molecule has 0 heterocycles. The average Bonchev–Trinajstić information content (AvgIpc) is 2.47. The second kappa shape index (κ2) is 6.40. The first-order chi connectivity index (χ1) is 10.3. The second-order valence-corrected chi connectivity index (χ2v) is 9.19. The van der Waals surface area contributed by atoms with Crippen LogP contribution in [0.1, 0.15) is 18.9 Å². The minimum absolute atomic E-state index is 0.0118. The zero-order chi connectivity index (χ0) is 16.4. The molecule has 0 unspecified atom stereocenters. The Morgan fingerprint density at radius 2 is 1.45 bits per heavy atom. The molecule has 2 rings (SSSR count). The Hall–Kier alpha value is -1.37. The predicted molar refractivity (Wildman–Crippen MR) is 85.4 cm³/mol. The van der Waals surface area contributed by atoms with E-state index < -0.39 is 18.9 Å². The molecule has 22 heavy (non-hydrogen) atoms. The molecule has 4 nitrogen and oxygen atoms in total. The zero-order valence-electron chi connectivity index (χ0n) is 11.9. The van der Waals surface area contributed by atoms with Crippen LogP contribution in [-0.4, -0.2) is 16.8 Å². The highest BCUT2D eigenvalue weighted by Gasteiger charge is 2.26. The molecule has 2 aromatic rings. The third-order valence-corrected chi connectivity index (χ3v) is 6.46. The number of hydrogen-bond donors (Lipinski definition) is 0. The van der Waals surface area contributed by atoms with Gasteiger partial charge >= 0.3 is 0 Å². The van der Waals surface area contributed by atoms with Gasteiger partial charge in [-0.25, -0.2) is 16.8 Å². The Labute approximate surface area is 135 Å². The van der Waals surface area contributed by atoms with Gasteiger partial charge in [-0.1, -0.05) is 37.6 Å². The molecule has 0 fully saturated rings. The third-order valence-electron chi connectivity index (χ3n) is 3.20. The first-order valence-electron chi connectivity index (χ1n) is 6.65. The van der Waals surface area contributed by atoms with Gasteiger partial charge in [-0.05, 0) is 36.2 Å². The summed E-state index contributed by atoms with van der Waals surface area (Å²) in [7, 11) is -2.37. The summed E-state index contributed by atoms with van der Waals surface area (Å²) in [4.78, 5) is -0.0354. The van der Waals surface area contributed by atoms with Crippen LogP contribution in [0.5, 0.6) is 0 Å². The minimum atomic E-state index is -4.01. The molecule has 0 aliphatic carbocycles. The van der Waals surface area contributed by atoms with Gasteiger partial charge in [0.2, 0.25) is 9.84 Å². The number of halogens is 1. The van der Waals surface area contributed by atoms with Crippen LogP contribution in [0, 0.1) is 0 Å². The van der Waals surface area contributed by atoms with Gasteiger partial charge < -0.3 is 0 Å². The van der Waals surface area contributed by atoms with Crippen molar-refractivity contribution in [3.8, 4) is 0 Å². The molecule has 118 valence electrons. The lowest BCUT2D eigenvalue weighted by molar-refractivity contribution is 0.593. The van der Waals surface area contributed by atoms with E-state index in [4.69, 9.17) is 10.7 Å². The molecule has 0 amide bonds. The SMILES string of the molecule is CCCc1c(S(=O)(=O)Cl)cccc1S(=O)(=O)c1ccccc1. The van der Waals surface area contributed by atoms with Crippen molar-refractivity contribution in [2.24, 2.45) is 0 Å². The molecular formula is C15H15ClO4S2. The summed E-state index contributed by atoms with van der Waals surface area (Å²) < 4.78 is 49.0. The standard InChI is InChI=1S/C15H15ClO4S2/c1-2-7-13-14(10-6-11-15(13)22(16,19)20)21(17,18)12-8-4-3-5-9-12/h3-6,8-11H,2,7H2,1H3. The molecule has 0 aliphatic heterocycles. The highest BCUT2D eigenvalue weighted by atomic mass is 35.7. The van der Waals surface area contributed by atoms with E-state index in [9.17, 15) is 16.8 Å². The monoisotopic (exact) mass is 358 g/mol. The normalized spacial score (nSPS) is 12.3. The molecule has 0 spiro atoms. The summed E-state index contributed by atoms with van der Waals surface area (Å²) in [6.07, 6.45) is 0.907. The van der Waals surface area contributed by atoms with Crippen molar-refractivity contribution < 1.29 is 16.8 Å². The van der Waals surface area contributed by atoms with Crippen molar-refractivity contribution in [1.29, 1.82) is 0 Å². The summed E-state index contributed by atoms with van der Waals surface area (Å²) in [5, 5.41) is 0. The van der Waals surface area contributed by atoms with E-state index in [1.807, 2.05) is 6.92 Å². The lowest BCUT2D eigenvalue weighted by Crippen LogP contribution is -2.09. The predicted octanol–water partition coefficient (Wildman–Crippen LogP) is 3.40. The molecule has 0 aliphatic rings. The van der Waals surface area contributed by atoms with Crippen molar-refractivity contribution in [2.45, 2.75) is 34.5 Å². The summed E-state index contributed by atoms with van der Waals surface area (Å²) in [5.74, 6) is 0. The van der Waals surface area contributed by atoms with Crippen molar-refractivity contribution in [1.82, 2.24) is 0 Å². The van der Waals surface area contributed by atoms with Crippen LogP contribution in [0.15, 0.2) is 63.2 Å². The van der Waals surface area contributed by atoms with E-state index in [0.717, 1.165) is 0 Å². The van der Waals surface area contributed by atoms with Gasteiger partial charge in [0.05, 0.1) is 14.7 Å². The molecule has 0 saturated carbocycles. The largest absolute Gasteiger partial charge is 0.261 e. The van der Waals surface area contributed by atoms with Crippen LogP contribution in [0.25, 0.3) is 0 Å². The van der Waals surface area contributed by atoms with Crippen molar-refractivity contribution in [3.05, 3.63) is 54.1 Å². The fourth-order valence-electron chi connectivity index (χ4n) is 2.25.